The molecule has 21 heavy (non-hydrogen) atoms. The Balaban J connectivity index is 2.41. The van der Waals surface area contributed by atoms with Crippen LogP contribution in [0.1, 0.15) is 26.2 Å². The van der Waals surface area contributed by atoms with E-state index in [-0.39, 0.29) is 5.91 Å². The zero-order valence-electron chi connectivity index (χ0n) is 13.3. The average Bonchev–Trinajstić information content (AvgIpc) is 2.46. The molecule has 0 heterocycles. The maximum absolute atomic E-state index is 11.9. The highest BCUT2D eigenvalue weighted by Crippen LogP contribution is 2.16. The van der Waals surface area contributed by atoms with Gasteiger partial charge in [0, 0.05) is 12.2 Å². The molecule has 1 aromatic rings. The van der Waals surface area contributed by atoms with Crippen molar-refractivity contribution >= 4 is 11.6 Å². The summed E-state index contributed by atoms with van der Waals surface area (Å²) in [5, 5.41) is 2.82. The van der Waals surface area contributed by atoms with Crippen molar-refractivity contribution in [1.82, 2.24) is 4.90 Å². The second-order valence-electron chi connectivity index (χ2n) is 5.41. The van der Waals surface area contributed by atoms with E-state index in [1.165, 1.54) is 0 Å². The van der Waals surface area contributed by atoms with Gasteiger partial charge in [0.25, 0.3) is 0 Å². The van der Waals surface area contributed by atoms with Gasteiger partial charge in [0.05, 0.1) is 6.04 Å². The molecule has 0 fully saturated rings. The molecule has 1 aromatic carbocycles. The van der Waals surface area contributed by atoms with Gasteiger partial charge in [-0.2, -0.15) is 0 Å². The van der Waals surface area contributed by atoms with Gasteiger partial charge in [0.15, 0.2) is 0 Å². The molecule has 0 saturated carbocycles. The third-order valence-corrected chi connectivity index (χ3v) is 3.13. The van der Waals surface area contributed by atoms with E-state index in [9.17, 15) is 4.79 Å². The number of carbonyl (C=O) groups excluding carboxylic acids is 1. The van der Waals surface area contributed by atoms with Crippen molar-refractivity contribution in [3.05, 3.63) is 24.3 Å². The third kappa shape index (κ3) is 7.11. The van der Waals surface area contributed by atoms with Crippen LogP contribution < -0.4 is 15.8 Å². The highest BCUT2D eigenvalue weighted by Gasteiger charge is 2.12. The maximum atomic E-state index is 11.9. The predicted octanol–water partition coefficient (Wildman–Crippen LogP) is 2.08. The van der Waals surface area contributed by atoms with Crippen LogP contribution in [0.4, 0.5) is 5.69 Å². The highest BCUT2D eigenvalue weighted by molar-refractivity contribution is 5.94. The molecule has 1 unspecified atom stereocenters. The summed E-state index contributed by atoms with van der Waals surface area (Å²) < 4.78 is 5.60. The number of amides is 1. The largest absolute Gasteiger partial charge is 0.492 e. The number of carbonyl (C=O) groups is 1. The molecule has 0 aliphatic rings. The number of hydrogen-bond acceptors (Lipinski definition) is 4. The van der Waals surface area contributed by atoms with Crippen LogP contribution in [-0.2, 0) is 4.79 Å². The van der Waals surface area contributed by atoms with Crippen LogP contribution in [0.25, 0.3) is 0 Å². The molecule has 5 heteroatoms. The van der Waals surface area contributed by atoms with Crippen LogP contribution in [0.2, 0.25) is 0 Å². The van der Waals surface area contributed by atoms with E-state index >= 15 is 0 Å². The SMILES string of the molecule is CCCCC(N)C(=O)Nc1ccc(OCCN(C)C)cc1. The van der Waals surface area contributed by atoms with Gasteiger partial charge in [-0.3, -0.25) is 4.79 Å². The lowest BCUT2D eigenvalue weighted by Gasteiger charge is -2.13. The second-order valence-corrected chi connectivity index (χ2v) is 5.41. The van der Waals surface area contributed by atoms with Gasteiger partial charge in [-0.25, -0.2) is 0 Å². The van der Waals surface area contributed by atoms with Crippen molar-refractivity contribution in [3.63, 3.8) is 0 Å². The molecule has 0 bridgehead atoms. The predicted molar refractivity (Wildman–Crippen MR) is 86.6 cm³/mol. The maximum Gasteiger partial charge on any atom is 0.241 e. The molecule has 0 saturated heterocycles. The van der Waals surface area contributed by atoms with Crippen LogP contribution in [0, 0.1) is 0 Å². The number of hydrogen-bond donors (Lipinski definition) is 2. The quantitative estimate of drug-likeness (QED) is 0.731. The van der Waals surface area contributed by atoms with E-state index in [1.807, 2.05) is 38.4 Å². The van der Waals surface area contributed by atoms with E-state index in [4.69, 9.17) is 10.5 Å². The van der Waals surface area contributed by atoms with Gasteiger partial charge in [0.2, 0.25) is 5.91 Å². The van der Waals surface area contributed by atoms with Gasteiger partial charge in [-0.05, 0) is 44.8 Å². The summed E-state index contributed by atoms with van der Waals surface area (Å²) in [7, 11) is 4.01. The molecule has 1 amide bonds. The fourth-order valence-electron chi connectivity index (χ4n) is 1.77. The zero-order chi connectivity index (χ0) is 15.7. The van der Waals surface area contributed by atoms with Crippen molar-refractivity contribution < 1.29 is 9.53 Å². The van der Waals surface area contributed by atoms with Gasteiger partial charge < -0.3 is 20.7 Å². The van der Waals surface area contributed by atoms with Gasteiger partial charge in [-0.15, -0.1) is 0 Å². The first-order chi connectivity index (χ1) is 10.0. The first-order valence-electron chi connectivity index (χ1n) is 7.47. The van der Waals surface area contributed by atoms with Crippen LogP contribution in [0.15, 0.2) is 24.3 Å². The molecular formula is C16H27N3O2. The summed E-state index contributed by atoms with van der Waals surface area (Å²) in [5.74, 6) is 0.662. The van der Waals surface area contributed by atoms with Crippen molar-refractivity contribution in [2.75, 3.05) is 32.6 Å². The van der Waals surface area contributed by atoms with Crippen molar-refractivity contribution in [2.24, 2.45) is 5.73 Å². The molecule has 0 radical (unpaired) electrons. The number of benzene rings is 1. The Kier molecular flexibility index (Phi) is 7.79. The number of anilines is 1. The Hall–Kier alpha value is -1.59. The average molecular weight is 293 g/mol. The van der Waals surface area contributed by atoms with E-state index in [2.05, 4.69) is 17.1 Å². The smallest absolute Gasteiger partial charge is 0.241 e. The number of nitrogens with zero attached hydrogens (tertiary/aromatic N) is 1. The Morgan fingerprint density at radius 1 is 1.33 bits per heavy atom. The lowest BCUT2D eigenvalue weighted by molar-refractivity contribution is -0.117. The van der Waals surface area contributed by atoms with Gasteiger partial charge >= 0.3 is 0 Å². The minimum Gasteiger partial charge on any atom is -0.492 e. The number of nitrogens with two attached hydrogens (primary N) is 1. The van der Waals surface area contributed by atoms with E-state index in [1.54, 1.807) is 0 Å². The normalized spacial score (nSPS) is 12.2. The fraction of sp³-hybridized carbons (Fsp3) is 0.562. The van der Waals surface area contributed by atoms with E-state index in [0.29, 0.717) is 13.0 Å². The summed E-state index contributed by atoms with van der Waals surface area (Å²) in [6.07, 6.45) is 2.72. The van der Waals surface area contributed by atoms with E-state index < -0.39 is 6.04 Å². The topological polar surface area (TPSA) is 67.6 Å². The minimum atomic E-state index is -0.444. The van der Waals surface area contributed by atoms with Crippen LogP contribution in [0.5, 0.6) is 5.75 Å². The summed E-state index contributed by atoms with van der Waals surface area (Å²) >= 11 is 0. The third-order valence-electron chi connectivity index (χ3n) is 3.13. The summed E-state index contributed by atoms with van der Waals surface area (Å²) in [6, 6.07) is 6.91. The molecule has 0 aliphatic heterocycles. The van der Waals surface area contributed by atoms with Crippen molar-refractivity contribution in [1.29, 1.82) is 0 Å². The summed E-state index contributed by atoms with van der Waals surface area (Å²) in [6.45, 7) is 3.59. The monoisotopic (exact) mass is 293 g/mol. The number of ether oxygens (including phenoxy) is 1. The molecule has 1 atom stereocenters. The highest BCUT2D eigenvalue weighted by atomic mass is 16.5. The molecule has 0 aromatic heterocycles. The molecular weight excluding hydrogens is 266 g/mol. The molecule has 5 nitrogen and oxygen atoms in total. The van der Waals surface area contributed by atoms with Crippen LogP contribution >= 0.6 is 0 Å². The molecule has 0 spiro atoms. The minimum absolute atomic E-state index is 0.135. The van der Waals surface area contributed by atoms with Crippen molar-refractivity contribution in [3.8, 4) is 5.75 Å². The Bertz CT molecular complexity index is 418. The fourth-order valence-corrected chi connectivity index (χ4v) is 1.77. The standard InChI is InChI=1S/C16H27N3O2/c1-4-5-6-15(17)16(20)18-13-7-9-14(10-8-13)21-12-11-19(2)3/h7-10,15H,4-6,11-12,17H2,1-3H3,(H,18,20). The molecule has 0 aliphatic carbocycles. The summed E-state index contributed by atoms with van der Waals surface area (Å²) in [4.78, 5) is 13.9. The molecule has 118 valence electrons. The van der Waals surface area contributed by atoms with Gasteiger partial charge in [-0.1, -0.05) is 19.8 Å². The lowest BCUT2D eigenvalue weighted by Crippen LogP contribution is -2.35. The Labute approximate surface area is 127 Å². The number of nitrogens with one attached hydrogen (secondary N) is 1. The zero-order valence-corrected chi connectivity index (χ0v) is 13.3. The Morgan fingerprint density at radius 3 is 2.57 bits per heavy atom. The summed E-state index contributed by atoms with van der Waals surface area (Å²) in [5.41, 5.74) is 6.58. The van der Waals surface area contributed by atoms with Crippen LogP contribution in [-0.4, -0.2) is 44.1 Å². The van der Waals surface area contributed by atoms with Crippen molar-refractivity contribution in [2.45, 2.75) is 32.2 Å². The van der Waals surface area contributed by atoms with Gasteiger partial charge in [0.1, 0.15) is 12.4 Å². The molecule has 3 N–H and O–H groups in total. The number of likely N-dealkylation sites (N-methyl/N-ethyl adjacent to an activating group) is 1. The molecule has 1 rings (SSSR count). The number of rotatable bonds is 9. The first-order valence-corrected chi connectivity index (χ1v) is 7.47. The second kappa shape index (κ2) is 9.37. The van der Waals surface area contributed by atoms with Crippen LogP contribution in [0.3, 0.4) is 0 Å². The number of unbranched alkanes of at least 4 members (excludes halogenated alkanes) is 1. The van der Waals surface area contributed by atoms with E-state index in [0.717, 1.165) is 30.8 Å². The lowest BCUT2D eigenvalue weighted by atomic mass is 10.1. The Morgan fingerprint density at radius 2 is 2.00 bits per heavy atom. The first kappa shape index (κ1) is 17.5.